The molecule has 1 aromatic rings. The fraction of sp³-hybridized carbons (Fsp3) is 0.500. The molecule has 0 bridgehead atoms. The number of methoxy groups -OCH3 is 1. The standard InChI is InChI=1S/C22H26O10S3/c1-11(23)28-10-17-18(29-12(2)24)19(30-13(3)25)20(31-14(4)26)21(32-17)35-22(33)34-16-8-6-15(27-5)7-9-16/h6-9,17-21H,10H2,1-5H3/t17?,18-,19?,20?,21+/m1/s1. The maximum Gasteiger partial charge on any atom is 0.303 e. The molecule has 0 N–H and O–H groups in total. The van der Waals surface area contributed by atoms with Crippen molar-refractivity contribution in [1.82, 2.24) is 0 Å². The summed E-state index contributed by atoms with van der Waals surface area (Å²) in [6.07, 6.45) is -4.64. The molecule has 0 saturated carbocycles. The van der Waals surface area contributed by atoms with Gasteiger partial charge in [-0.1, -0.05) is 35.7 Å². The van der Waals surface area contributed by atoms with E-state index in [9.17, 15) is 19.2 Å². The lowest BCUT2D eigenvalue weighted by Gasteiger charge is -2.44. The van der Waals surface area contributed by atoms with Crippen LogP contribution in [0.15, 0.2) is 29.2 Å². The topological polar surface area (TPSA) is 124 Å². The highest BCUT2D eigenvalue weighted by Gasteiger charge is 2.52. The predicted octanol–water partition coefficient (Wildman–Crippen LogP) is 2.89. The summed E-state index contributed by atoms with van der Waals surface area (Å²) >= 11 is 7.83. The van der Waals surface area contributed by atoms with Crippen molar-refractivity contribution in [3.8, 4) is 5.75 Å². The van der Waals surface area contributed by atoms with Gasteiger partial charge in [-0.15, -0.1) is 0 Å². The zero-order chi connectivity index (χ0) is 26.1. The molecule has 3 unspecified atom stereocenters. The monoisotopic (exact) mass is 546 g/mol. The fourth-order valence-corrected chi connectivity index (χ4v) is 5.68. The van der Waals surface area contributed by atoms with Gasteiger partial charge in [0.25, 0.3) is 0 Å². The average molecular weight is 547 g/mol. The molecular weight excluding hydrogens is 520 g/mol. The molecule has 13 heteroatoms. The highest BCUT2D eigenvalue weighted by atomic mass is 32.2. The number of thioether (sulfide) groups is 2. The number of hydrogen-bond donors (Lipinski definition) is 0. The van der Waals surface area contributed by atoms with Gasteiger partial charge in [-0.25, -0.2) is 0 Å². The number of carbonyl (C=O) groups is 4. The van der Waals surface area contributed by atoms with E-state index in [1.807, 2.05) is 12.1 Å². The molecule has 1 heterocycles. The summed E-state index contributed by atoms with van der Waals surface area (Å²) in [5, 5.41) is 0. The van der Waals surface area contributed by atoms with Crippen molar-refractivity contribution >= 4 is 63.1 Å². The van der Waals surface area contributed by atoms with E-state index in [0.29, 0.717) is 9.28 Å². The van der Waals surface area contributed by atoms with E-state index >= 15 is 0 Å². The minimum absolute atomic E-state index is 0.298. The lowest BCUT2D eigenvalue weighted by atomic mass is 9.99. The highest BCUT2D eigenvalue weighted by Crippen LogP contribution is 2.38. The summed E-state index contributed by atoms with van der Waals surface area (Å²) in [5.41, 5.74) is -0.964. The maximum absolute atomic E-state index is 11.9. The van der Waals surface area contributed by atoms with Crippen LogP contribution in [0, 0.1) is 0 Å². The summed E-state index contributed by atoms with van der Waals surface area (Å²) in [5.74, 6) is -1.96. The van der Waals surface area contributed by atoms with Gasteiger partial charge < -0.3 is 28.4 Å². The van der Waals surface area contributed by atoms with Gasteiger partial charge in [0.2, 0.25) is 0 Å². The largest absolute Gasteiger partial charge is 0.497 e. The second-order valence-electron chi connectivity index (χ2n) is 7.21. The number of rotatable bonds is 8. The summed E-state index contributed by atoms with van der Waals surface area (Å²) in [4.78, 5) is 47.8. The molecule has 0 aliphatic carbocycles. The molecule has 0 radical (unpaired) electrons. The van der Waals surface area contributed by atoms with Crippen molar-refractivity contribution in [1.29, 1.82) is 0 Å². The molecule has 1 fully saturated rings. The third-order valence-corrected chi connectivity index (χ3v) is 6.98. The van der Waals surface area contributed by atoms with Crippen LogP contribution in [-0.2, 0) is 42.9 Å². The molecule has 10 nitrogen and oxygen atoms in total. The van der Waals surface area contributed by atoms with Crippen LogP contribution in [0.5, 0.6) is 5.75 Å². The van der Waals surface area contributed by atoms with Crippen LogP contribution in [0.1, 0.15) is 27.7 Å². The Morgan fingerprint density at radius 1 is 0.857 bits per heavy atom. The zero-order valence-corrected chi connectivity index (χ0v) is 22.2. The second kappa shape index (κ2) is 13.7. The highest BCUT2D eigenvalue weighted by molar-refractivity contribution is 8.47. The van der Waals surface area contributed by atoms with Crippen molar-refractivity contribution in [2.45, 2.75) is 62.4 Å². The Morgan fingerprint density at radius 3 is 1.91 bits per heavy atom. The smallest absolute Gasteiger partial charge is 0.303 e. The van der Waals surface area contributed by atoms with Crippen LogP contribution in [0.3, 0.4) is 0 Å². The molecular formula is C22H26O10S3. The molecule has 5 atom stereocenters. The number of esters is 4. The molecule has 0 aromatic heterocycles. The summed E-state index contributed by atoms with van der Waals surface area (Å²) < 4.78 is 32.9. The van der Waals surface area contributed by atoms with Gasteiger partial charge >= 0.3 is 23.9 Å². The number of carbonyl (C=O) groups excluding carboxylic acids is 4. The lowest BCUT2D eigenvalue weighted by molar-refractivity contribution is -0.237. The van der Waals surface area contributed by atoms with E-state index in [1.54, 1.807) is 19.2 Å². The molecule has 192 valence electrons. The van der Waals surface area contributed by atoms with E-state index in [2.05, 4.69) is 0 Å². The SMILES string of the molecule is COc1ccc(SC(=S)S[C@@H]2OC(COC(C)=O)[C@@H](OC(C)=O)C(OC(C)=O)C2OC(C)=O)cc1. The molecule has 1 saturated heterocycles. The van der Waals surface area contributed by atoms with Crippen molar-refractivity contribution in [2.75, 3.05) is 13.7 Å². The molecule has 1 aliphatic heterocycles. The predicted molar refractivity (Wildman–Crippen MR) is 131 cm³/mol. The Labute approximate surface area is 216 Å². The third-order valence-electron chi connectivity index (χ3n) is 4.42. The van der Waals surface area contributed by atoms with Crippen molar-refractivity contribution in [3.63, 3.8) is 0 Å². The Morgan fingerprint density at radius 2 is 1.40 bits per heavy atom. The lowest BCUT2D eigenvalue weighted by Crippen LogP contribution is -2.61. The first kappa shape index (κ1) is 28.9. The van der Waals surface area contributed by atoms with Crippen LogP contribution in [-0.4, -0.2) is 71.0 Å². The average Bonchev–Trinajstić information content (AvgIpc) is 2.76. The van der Waals surface area contributed by atoms with Crippen molar-refractivity contribution in [3.05, 3.63) is 24.3 Å². The van der Waals surface area contributed by atoms with Crippen LogP contribution < -0.4 is 4.74 Å². The summed E-state index contributed by atoms with van der Waals surface area (Å²) in [7, 11) is 1.56. The van der Waals surface area contributed by atoms with Gasteiger partial charge in [-0.05, 0) is 24.3 Å². The fourth-order valence-electron chi connectivity index (χ4n) is 3.14. The van der Waals surface area contributed by atoms with E-state index in [-0.39, 0.29) is 6.61 Å². The number of benzene rings is 1. The number of ether oxygens (including phenoxy) is 6. The van der Waals surface area contributed by atoms with Crippen molar-refractivity contribution < 1.29 is 47.6 Å². The van der Waals surface area contributed by atoms with Gasteiger partial charge in [0.15, 0.2) is 18.3 Å². The summed E-state index contributed by atoms with van der Waals surface area (Å²) in [6, 6.07) is 7.21. The minimum atomic E-state index is -1.24. The minimum Gasteiger partial charge on any atom is -0.497 e. The number of thiocarbonyl (C=S) groups is 1. The van der Waals surface area contributed by atoms with Gasteiger partial charge in [-0.2, -0.15) is 0 Å². The van der Waals surface area contributed by atoms with E-state index < -0.39 is 53.7 Å². The normalized spacial score (nSPS) is 23.5. The molecule has 35 heavy (non-hydrogen) atoms. The van der Waals surface area contributed by atoms with Gasteiger partial charge in [0, 0.05) is 32.6 Å². The molecule has 1 aromatic carbocycles. The maximum atomic E-state index is 11.9. The zero-order valence-electron chi connectivity index (χ0n) is 19.7. The molecule has 1 aliphatic rings. The molecule has 2 rings (SSSR count). The van der Waals surface area contributed by atoms with Crippen LogP contribution in [0.4, 0.5) is 0 Å². The van der Waals surface area contributed by atoms with Gasteiger partial charge in [0.05, 0.1) is 7.11 Å². The first-order valence-electron chi connectivity index (χ1n) is 10.3. The Hall–Kier alpha value is -2.35. The quantitative estimate of drug-likeness (QED) is 0.206. The van der Waals surface area contributed by atoms with Gasteiger partial charge in [0.1, 0.15) is 27.4 Å². The van der Waals surface area contributed by atoms with E-state index in [0.717, 1.165) is 23.6 Å². The Kier molecular flexibility index (Phi) is 11.3. The van der Waals surface area contributed by atoms with Crippen LogP contribution in [0.25, 0.3) is 0 Å². The van der Waals surface area contributed by atoms with Crippen LogP contribution in [0.2, 0.25) is 0 Å². The Bertz CT molecular complexity index is 936. The first-order valence-corrected chi connectivity index (χ1v) is 12.4. The Balaban J connectivity index is 2.33. The van der Waals surface area contributed by atoms with Gasteiger partial charge in [-0.3, -0.25) is 19.2 Å². The molecule has 0 spiro atoms. The molecule has 0 amide bonds. The van der Waals surface area contributed by atoms with Crippen molar-refractivity contribution in [2.24, 2.45) is 0 Å². The van der Waals surface area contributed by atoms with E-state index in [4.69, 9.17) is 40.6 Å². The second-order valence-corrected chi connectivity index (χ2v) is 10.6. The third kappa shape index (κ3) is 9.32. The van der Waals surface area contributed by atoms with Crippen LogP contribution >= 0.6 is 35.7 Å². The first-order chi connectivity index (χ1) is 16.5. The number of hydrogen-bond acceptors (Lipinski definition) is 13. The van der Waals surface area contributed by atoms with E-state index in [1.165, 1.54) is 32.5 Å². The summed E-state index contributed by atoms with van der Waals surface area (Å²) in [6.45, 7) is 4.42.